The molecule has 0 aromatic carbocycles. The Labute approximate surface area is 91.2 Å². The zero-order valence-corrected chi connectivity index (χ0v) is 9.22. The molecular weight excluding hydrogens is 214 g/mol. The Hall–Kier alpha value is -1.62. The highest BCUT2D eigenvalue weighted by Crippen LogP contribution is 2.14. The molecule has 0 atom stereocenters. The Bertz CT molecular complexity index is 406. The average Bonchev–Trinajstić information content (AvgIpc) is 2.67. The molecule has 0 fully saturated rings. The predicted octanol–water partition coefficient (Wildman–Crippen LogP) is 2.11. The van der Waals surface area contributed by atoms with Crippen molar-refractivity contribution in [3.8, 4) is 0 Å². The summed E-state index contributed by atoms with van der Waals surface area (Å²) in [6, 6.07) is 1.76. The lowest BCUT2D eigenvalue weighted by atomic mass is 10.1. The summed E-state index contributed by atoms with van der Waals surface area (Å²) >= 11 is 1.46. The molecule has 0 aliphatic carbocycles. The molecule has 0 aliphatic rings. The number of amides is 1. The van der Waals surface area contributed by atoms with Crippen molar-refractivity contribution in [3.05, 3.63) is 28.0 Å². The van der Waals surface area contributed by atoms with Gasteiger partial charge in [-0.3, -0.25) is 4.79 Å². The maximum atomic E-state index is 11.5. The number of anilines is 1. The second-order valence-corrected chi connectivity index (χ2v) is 3.80. The van der Waals surface area contributed by atoms with E-state index in [2.05, 4.69) is 5.32 Å². The van der Waals surface area contributed by atoms with Crippen molar-refractivity contribution in [1.82, 2.24) is 0 Å². The van der Waals surface area contributed by atoms with Crippen LogP contribution in [0.2, 0.25) is 0 Å². The first-order chi connectivity index (χ1) is 7.02. The average molecular weight is 225 g/mol. The SMILES string of the molecule is C/C(C(=O)O)=C(\C)C(=O)Nc1ccsc1. The van der Waals surface area contributed by atoms with Gasteiger partial charge in [0.1, 0.15) is 0 Å². The van der Waals surface area contributed by atoms with Crippen LogP contribution in [0.25, 0.3) is 0 Å². The lowest BCUT2D eigenvalue weighted by Crippen LogP contribution is -2.15. The van der Waals surface area contributed by atoms with E-state index in [0.29, 0.717) is 5.69 Å². The minimum absolute atomic E-state index is 0.0581. The molecule has 2 N–H and O–H groups in total. The number of hydrogen-bond donors (Lipinski definition) is 2. The van der Waals surface area contributed by atoms with Crippen LogP contribution in [-0.2, 0) is 9.59 Å². The van der Waals surface area contributed by atoms with Crippen molar-refractivity contribution in [1.29, 1.82) is 0 Å². The van der Waals surface area contributed by atoms with Crippen LogP contribution in [0.15, 0.2) is 28.0 Å². The molecule has 0 saturated carbocycles. The van der Waals surface area contributed by atoms with Crippen LogP contribution in [-0.4, -0.2) is 17.0 Å². The van der Waals surface area contributed by atoms with Gasteiger partial charge in [0.2, 0.25) is 0 Å². The minimum atomic E-state index is -1.08. The van der Waals surface area contributed by atoms with Crippen LogP contribution >= 0.6 is 11.3 Å². The Morgan fingerprint density at radius 3 is 2.47 bits per heavy atom. The smallest absolute Gasteiger partial charge is 0.331 e. The lowest BCUT2D eigenvalue weighted by Gasteiger charge is -2.04. The molecule has 4 nitrogen and oxygen atoms in total. The van der Waals surface area contributed by atoms with Crippen molar-refractivity contribution in [2.24, 2.45) is 0 Å². The van der Waals surface area contributed by atoms with Crippen LogP contribution in [0.4, 0.5) is 5.69 Å². The van der Waals surface area contributed by atoms with Crippen molar-refractivity contribution in [2.45, 2.75) is 13.8 Å². The van der Waals surface area contributed by atoms with E-state index in [1.807, 2.05) is 5.38 Å². The van der Waals surface area contributed by atoms with Crippen molar-refractivity contribution >= 4 is 28.9 Å². The van der Waals surface area contributed by atoms with Crippen LogP contribution in [0, 0.1) is 0 Å². The first kappa shape index (κ1) is 11.5. The van der Waals surface area contributed by atoms with Gasteiger partial charge in [0.25, 0.3) is 5.91 Å². The molecule has 15 heavy (non-hydrogen) atoms. The summed E-state index contributed by atoms with van der Waals surface area (Å²) < 4.78 is 0. The van der Waals surface area contributed by atoms with Gasteiger partial charge < -0.3 is 10.4 Å². The number of carbonyl (C=O) groups excluding carboxylic acids is 1. The van der Waals surface area contributed by atoms with Gasteiger partial charge >= 0.3 is 5.97 Å². The van der Waals surface area contributed by atoms with Gasteiger partial charge in [0.05, 0.1) is 5.69 Å². The van der Waals surface area contributed by atoms with E-state index in [4.69, 9.17) is 5.11 Å². The molecular formula is C10H11NO3S. The number of carboxylic acid groups (broad SMARTS) is 1. The van der Waals surface area contributed by atoms with Crippen molar-refractivity contribution in [3.63, 3.8) is 0 Å². The fraction of sp³-hybridized carbons (Fsp3) is 0.200. The van der Waals surface area contributed by atoms with Gasteiger partial charge in [-0.1, -0.05) is 0 Å². The number of carboxylic acids is 1. The number of aliphatic carboxylic acids is 1. The van der Waals surface area contributed by atoms with Crippen LogP contribution < -0.4 is 5.32 Å². The molecule has 1 heterocycles. The van der Waals surface area contributed by atoms with Crippen LogP contribution in [0.5, 0.6) is 0 Å². The summed E-state index contributed by atoms with van der Waals surface area (Å²) in [6.07, 6.45) is 0. The highest BCUT2D eigenvalue weighted by atomic mass is 32.1. The first-order valence-electron chi connectivity index (χ1n) is 4.26. The molecule has 1 aromatic heterocycles. The van der Waals surface area contributed by atoms with E-state index >= 15 is 0 Å². The maximum absolute atomic E-state index is 11.5. The van der Waals surface area contributed by atoms with Crippen LogP contribution in [0.1, 0.15) is 13.8 Å². The Balaban J connectivity index is 2.78. The largest absolute Gasteiger partial charge is 0.478 e. The first-order valence-corrected chi connectivity index (χ1v) is 5.21. The summed E-state index contributed by atoms with van der Waals surface area (Å²) in [4.78, 5) is 22.1. The third-order valence-electron chi connectivity index (χ3n) is 2.00. The van der Waals surface area contributed by atoms with Crippen LogP contribution in [0.3, 0.4) is 0 Å². The number of rotatable bonds is 3. The lowest BCUT2D eigenvalue weighted by molar-refractivity contribution is -0.133. The van der Waals surface area contributed by atoms with Gasteiger partial charge in [-0.2, -0.15) is 11.3 Å². The molecule has 5 heteroatoms. The van der Waals surface area contributed by atoms with Crippen molar-refractivity contribution in [2.75, 3.05) is 5.32 Å². The Morgan fingerprint density at radius 1 is 1.33 bits per heavy atom. The quantitative estimate of drug-likeness (QED) is 0.774. The molecule has 0 radical (unpaired) electrons. The van der Waals surface area contributed by atoms with E-state index < -0.39 is 5.97 Å². The normalized spacial score (nSPS) is 11.9. The standard InChI is InChI=1S/C10H11NO3S/c1-6(7(2)10(13)14)9(12)11-8-3-4-15-5-8/h3-5H,1-2H3,(H,11,12)(H,13,14)/b7-6-. The summed E-state index contributed by atoms with van der Waals surface area (Å²) in [5, 5.41) is 14.9. The Kier molecular flexibility index (Phi) is 3.62. The molecule has 1 aromatic rings. The highest BCUT2D eigenvalue weighted by Gasteiger charge is 2.12. The molecule has 0 saturated heterocycles. The summed E-state index contributed by atoms with van der Waals surface area (Å²) in [7, 11) is 0. The third-order valence-corrected chi connectivity index (χ3v) is 2.69. The number of nitrogens with one attached hydrogen (secondary N) is 1. The van der Waals surface area contributed by atoms with Gasteiger partial charge in [0, 0.05) is 16.5 Å². The predicted molar refractivity (Wildman–Crippen MR) is 59.0 cm³/mol. The van der Waals surface area contributed by atoms with E-state index in [0.717, 1.165) is 0 Å². The summed E-state index contributed by atoms with van der Waals surface area (Å²) in [5.41, 5.74) is 0.957. The molecule has 0 bridgehead atoms. The Morgan fingerprint density at radius 2 is 2.00 bits per heavy atom. The van der Waals surface area contributed by atoms with Gasteiger partial charge in [-0.15, -0.1) is 0 Å². The minimum Gasteiger partial charge on any atom is -0.478 e. The monoisotopic (exact) mass is 225 g/mol. The number of hydrogen-bond acceptors (Lipinski definition) is 3. The van der Waals surface area contributed by atoms with Gasteiger partial charge in [-0.05, 0) is 25.3 Å². The zero-order valence-electron chi connectivity index (χ0n) is 8.40. The maximum Gasteiger partial charge on any atom is 0.331 e. The second kappa shape index (κ2) is 4.75. The molecule has 0 spiro atoms. The summed E-state index contributed by atoms with van der Waals surface area (Å²) in [5.74, 6) is -1.46. The van der Waals surface area contributed by atoms with E-state index in [9.17, 15) is 9.59 Å². The van der Waals surface area contributed by atoms with Gasteiger partial charge in [-0.25, -0.2) is 4.79 Å². The zero-order chi connectivity index (χ0) is 11.4. The van der Waals surface area contributed by atoms with E-state index in [1.165, 1.54) is 25.2 Å². The number of thiophene rings is 1. The molecule has 1 amide bonds. The van der Waals surface area contributed by atoms with E-state index in [-0.39, 0.29) is 17.1 Å². The fourth-order valence-electron chi connectivity index (χ4n) is 0.891. The van der Waals surface area contributed by atoms with Crippen molar-refractivity contribution < 1.29 is 14.7 Å². The fourth-order valence-corrected chi connectivity index (χ4v) is 1.48. The third kappa shape index (κ3) is 2.92. The number of carbonyl (C=O) groups is 2. The highest BCUT2D eigenvalue weighted by molar-refractivity contribution is 7.08. The molecule has 0 aliphatic heterocycles. The molecule has 80 valence electrons. The molecule has 0 unspecified atom stereocenters. The van der Waals surface area contributed by atoms with Gasteiger partial charge in [0.15, 0.2) is 0 Å². The van der Waals surface area contributed by atoms with E-state index in [1.54, 1.807) is 11.4 Å². The molecule has 1 rings (SSSR count). The summed E-state index contributed by atoms with van der Waals surface area (Å²) in [6.45, 7) is 2.90. The topological polar surface area (TPSA) is 66.4 Å². The second-order valence-electron chi connectivity index (χ2n) is 3.02.